The van der Waals surface area contributed by atoms with E-state index in [0.717, 1.165) is 36.1 Å². The first-order chi connectivity index (χ1) is 20.5. The molecular weight excluding hydrogens is 567 g/mol. The molecule has 0 unspecified atom stereocenters. The van der Waals surface area contributed by atoms with Gasteiger partial charge in [-0.3, -0.25) is 19.4 Å². The van der Waals surface area contributed by atoms with Gasteiger partial charge in [-0.15, -0.1) is 23.1 Å². The normalized spacial score (nSPS) is 12.5. The van der Waals surface area contributed by atoms with Gasteiger partial charge in [0.2, 0.25) is 5.91 Å². The summed E-state index contributed by atoms with van der Waals surface area (Å²) >= 11 is 2.82. The summed E-state index contributed by atoms with van der Waals surface area (Å²) in [5.74, 6) is -0.977. The number of nitrogens with zero attached hydrogens (tertiary/aromatic N) is 2. The zero-order valence-electron chi connectivity index (χ0n) is 22.6. The van der Waals surface area contributed by atoms with E-state index in [9.17, 15) is 19.6 Å². The minimum atomic E-state index is -0.506. The number of nitrogens with one attached hydrogen (secondary N) is 3. The highest BCUT2D eigenvalue weighted by molar-refractivity contribution is 8.00. The third-order valence-electron chi connectivity index (χ3n) is 6.52. The molecular formula is C32H27N5O3S2. The number of thiophene rings is 1. The molecule has 5 rings (SSSR count). The number of aryl methyl sites for hydroxylation is 1. The highest BCUT2D eigenvalue weighted by Crippen LogP contribution is 2.37. The lowest BCUT2D eigenvalue weighted by molar-refractivity contribution is -0.114. The van der Waals surface area contributed by atoms with Gasteiger partial charge in [0.1, 0.15) is 16.8 Å². The van der Waals surface area contributed by atoms with Gasteiger partial charge in [-0.1, -0.05) is 30.3 Å². The molecule has 8 nitrogen and oxygen atoms in total. The summed E-state index contributed by atoms with van der Waals surface area (Å²) in [7, 11) is 0. The number of hydrogen-bond donors (Lipinski definition) is 3. The highest BCUT2D eigenvalue weighted by Gasteiger charge is 2.22. The fourth-order valence-electron chi connectivity index (χ4n) is 4.52. The van der Waals surface area contributed by atoms with E-state index in [4.69, 9.17) is 0 Å². The predicted molar refractivity (Wildman–Crippen MR) is 166 cm³/mol. The number of nitriles is 1. The molecule has 42 heavy (non-hydrogen) atoms. The van der Waals surface area contributed by atoms with Crippen molar-refractivity contribution < 1.29 is 14.4 Å². The van der Waals surface area contributed by atoms with Crippen molar-refractivity contribution in [3.63, 3.8) is 0 Å². The number of carbonyl (C=O) groups is 3. The Balaban J connectivity index is 1.24. The lowest BCUT2D eigenvalue weighted by Gasteiger charge is -2.12. The van der Waals surface area contributed by atoms with E-state index in [2.05, 4.69) is 27.0 Å². The van der Waals surface area contributed by atoms with Crippen LogP contribution in [0.25, 0.3) is 6.08 Å². The summed E-state index contributed by atoms with van der Waals surface area (Å²) in [5, 5.41) is 18.7. The Morgan fingerprint density at radius 3 is 2.62 bits per heavy atom. The molecule has 2 heterocycles. The molecule has 0 radical (unpaired) electrons. The first-order valence-electron chi connectivity index (χ1n) is 13.4. The van der Waals surface area contributed by atoms with Crippen LogP contribution >= 0.6 is 23.1 Å². The van der Waals surface area contributed by atoms with Crippen LogP contribution in [0, 0.1) is 11.3 Å². The van der Waals surface area contributed by atoms with Crippen molar-refractivity contribution in [3.8, 4) is 6.07 Å². The van der Waals surface area contributed by atoms with Crippen LogP contribution in [0.15, 0.2) is 89.7 Å². The van der Waals surface area contributed by atoms with Gasteiger partial charge in [0, 0.05) is 33.4 Å². The lowest BCUT2D eigenvalue weighted by Crippen LogP contribution is -2.30. The molecule has 0 atom stereocenters. The number of fused-ring (bicyclic) bond motifs is 1. The van der Waals surface area contributed by atoms with Crippen LogP contribution in [-0.2, 0) is 22.4 Å². The van der Waals surface area contributed by atoms with Crippen molar-refractivity contribution >= 4 is 57.6 Å². The van der Waals surface area contributed by atoms with E-state index in [1.54, 1.807) is 73.1 Å². The van der Waals surface area contributed by atoms with Gasteiger partial charge in [0.15, 0.2) is 0 Å². The first-order valence-corrected chi connectivity index (χ1v) is 15.2. The van der Waals surface area contributed by atoms with E-state index >= 15 is 0 Å². The summed E-state index contributed by atoms with van der Waals surface area (Å²) in [5.41, 5.74) is 3.31. The van der Waals surface area contributed by atoms with Gasteiger partial charge in [0.05, 0.1) is 11.3 Å². The minimum Gasteiger partial charge on any atom is -0.321 e. The van der Waals surface area contributed by atoms with Gasteiger partial charge in [-0.2, -0.15) is 5.26 Å². The van der Waals surface area contributed by atoms with E-state index < -0.39 is 11.8 Å². The first kappa shape index (κ1) is 28.8. The van der Waals surface area contributed by atoms with Crippen LogP contribution < -0.4 is 16.0 Å². The summed E-state index contributed by atoms with van der Waals surface area (Å²) in [4.78, 5) is 44.9. The topological polar surface area (TPSA) is 124 Å². The number of hydrogen-bond acceptors (Lipinski definition) is 7. The maximum Gasteiger partial charge on any atom is 0.272 e. The van der Waals surface area contributed by atoms with E-state index in [0.29, 0.717) is 27.4 Å². The monoisotopic (exact) mass is 593 g/mol. The number of carbonyl (C=O) groups excluding carboxylic acids is 3. The van der Waals surface area contributed by atoms with E-state index in [1.807, 2.05) is 12.1 Å². The lowest BCUT2D eigenvalue weighted by atomic mass is 9.96. The van der Waals surface area contributed by atoms with Crippen molar-refractivity contribution in [2.75, 3.05) is 16.4 Å². The highest BCUT2D eigenvalue weighted by atomic mass is 32.2. The summed E-state index contributed by atoms with van der Waals surface area (Å²) in [6, 6.07) is 21.6. The molecule has 210 valence electrons. The van der Waals surface area contributed by atoms with Gasteiger partial charge in [-0.25, -0.2) is 0 Å². The Morgan fingerprint density at radius 1 is 1.00 bits per heavy atom. The Morgan fingerprint density at radius 2 is 1.83 bits per heavy atom. The Bertz CT molecular complexity index is 1680. The molecule has 3 N–H and O–H groups in total. The molecule has 0 fully saturated rings. The Hall–Kier alpha value is -4.72. The number of anilines is 2. The molecule has 1 aliphatic rings. The van der Waals surface area contributed by atoms with Crippen LogP contribution in [0.3, 0.4) is 0 Å². The molecule has 1 aliphatic carbocycles. The molecule has 0 saturated heterocycles. The van der Waals surface area contributed by atoms with E-state index in [-0.39, 0.29) is 17.4 Å². The quantitative estimate of drug-likeness (QED) is 0.161. The number of pyridine rings is 1. The summed E-state index contributed by atoms with van der Waals surface area (Å²) < 4.78 is 0. The largest absolute Gasteiger partial charge is 0.321 e. The minimum absolute atomic E-state index is 0.0567. The fourth-order valence-corrected chi connectivity index (χ4v) is 6.53. The number of thioether (sulfide) groups is 1. The third kappa shape index (κ3) is 7.32. The SMILES string of the molecule is N#Cc1c(NC(=O)CSc2cccc(NC(=O)/C(=C/c3cccnc3)NC(=O)c3ccccc3)c2)sc2c1CCCC2. The summed E-state index contributed by atoms with van der Waals surface area (Å²) in [6.07, 6.45) is 8.78. The van der Waals surface area contributed by atoms with Crippen molar-refractivity contribution in [1.82, 2.24) is 10.3 Å². The predicted octanol–water partition coefficient (Wildman–Crippen LogP) is 6.03. The van der Waals surface area contributed by atoms with Gasteiger partial charge >= 0.3 is 0 Å². The van der Waals surface area contributed by atoms with E-state index in [1.165, 1.54) is 28.0 Å². The van der Waals surface area contributed by atoms with Crippen LogP contribution in [0.4, 0.5) is 10.7 Å². The molecule has 4 aromatic rings. The second kappa shape index (κ2) is 13.8. The maximum absolute atomic E-state index is 13.3. The number of benzene rings is 2. The molecule has 0 aliphatic heterocycles. The van der Waals surface area contributed by atoms with Gasteiger partial charge < -0.3 is 16.0 Å². The average Bonchev–Trinajstić information content (AvgIpc) is 3.37. The Kier molecular flexibility index (Phi) is 9.44. The number of amides is 3. The number of aromatic nitrogens is 1. The molecule has 0 saturated carbocycles. The molecule has 0 spiro atoms. The standard InChI is InChI=1S/C32H27N5O3S2/c33-18-26-25-13-4-5-14-28(25)42-32(26)37-29(38)20-41-24-12-6-11-23(17-24)35-31(40)27(16-21-8-7-15-34-19-21)36-30(39)22-9-2-1-3-10-22/h1-3,6-12,15-17,19H,4-5,13-14,20H2,(H,35,40)(H,36,39)(H,37,38)/b27-16-. The van der Waals surface area contributed by atoms with Crippen molar-refractivity contribution in [1.29, 1.82) is 5.26 Å². The second-order valence-electron chi connectivity index (χ2n) is 9.51. The van der Waals surface area contributed by atoms with Crippen LogP contribution in [0.2, 0.25) is 0 Å². The van der Waals surface area contributed by atoms with Crippen molar-refractivity contribution in [2.24, 2.45) is 0 Å². The van der Waals surface area contributed by atoms with Crippen LogP contribution in [-0.4, -0.2) is 28.5 Å². The molecule has 3 amide bonds. The smallest absolute Gasteiger partial charge is 0.272 e. The summed E-state index contributed by atoms with van der Waals surface area (Å²) in [6.45, 7) is 0. The Labute approximate surface area is 251 Å². The molecule has 10 heteroatoms. The zero-order chi connectivity index (χ0) is 29.3. The average molecular weight is 594 g/mol. The van der Waals surface area contributed by atoms with Crippen LogP contribution in [0.1, 0.15) is 44.8 Å². The second-order valence-corrected chi connectivity index (χ2v) is 11.7. The van der Waals surface area contributed by atoms with Crippen LogP contribution in [0.5, 0.6) is 0 Å². The van der Waals surface area contributed by atoms with Gasteiger partial charge in [0.25, 0.3) is 11.8 Å². The fraction of sp³-hybridized carbons (Fsp3) is 0.156. The molecule has 0 bridgehead atoms. The molecule has 2 aromatic carbocycles. The van der Waals surface area contributed by atoms with Crippen molar-refractivity contribution in [2.45, 2.75) is 30.6 Å². The molecule has 2 aromatic heterocycles. The maximum atomic E-state index is 13.3. The third-order valence-corrected chi connectivity index (χ3v) is 8.72. The zero-order valence-corrected chi connectivity index (χ0v) is 24.2. The van der Waals surface area contributed by atoms with Crippen molar-refractivity contribution in [3.05, 3.63) is 112 Å². The number of rotatable bonds is 9. The van der Waals surface area contributed by atoms with Gasteiger partial charge in [-0.05, 0) is 79.3 Å².